The van der Waals surface area contributed by atoms with E-state index in [9.17, 15) is 13.2 Å². The largest absolute Gasteiger partial charge is 0.472 e. The normalized spacial score (nSPS) is 14.1. The van der Waals surface area contributed by atoms with Crippen molar-refractivity contribution in [1.29, 1.82) is 0 Å². The first-order valence-corrected chi connectivity index (χ1v) is 9.92. The highest BCUT2D eigenvalue weighted by Gasteiger charge is 2.17. The van der Waals surface area contributed by atoms with Gasteiger partial charge in [-0.15, -0.1) is 0 Å². The van der Waals surface area contributed by atoms with Crippen LogP contribution in [-0.2, 0) is 34.2 Å². The predicted molar refractivity (Wildman–Crippen MR) is 93.4 cm³/mol. The Morgan fingerprint density at radius 1 is 1.12 bits per heavy atom. The molecule has 134 valence electrons. The molecule has 0 aliphatic heterocycles. The standard InChI is InChI=1S/C18H22N2O4S/c21-18(19-12-14-8-10-24-13-14)7-9-20-25(22,23)17-6-5-15-3-1-2-4-16(15)11-17/h5-6,8,10-11,13,20H,1-4,7,9,12H2,(H,19,21). The van der Waals surface area contributed by atoms with Crippen LogP contribution in [0.15, 0.2) is 46.1 Å². The Balaban J connectivity index is 1.50. The molecule has 0 bridgehead atoms. The van der Waals surface area contributed by atoms with Crippen molar-refractivity contribution in [3.05, 3.63) is 53.5 Å². The first-order chi connectivity index (χ1) is 12.0. The molecule has 0 saturated heterocycles. The molecular formula is C18H22N2O4S. The van der Waals surface area contributed by atoms with Crippen LogP contribution in [0, 0.1) is 0 Å². The maximum atomic E-state index is 12.4. The minimum absolute atomic E-state index is 0.0661. The molecular weight excluding hydrogens is 340 g/mol. The number of sulfonamides is 1. The maximum Gasteiger partial charge on any atom is 0.240 e. The lowest BCUT2D eigenvalue weighted by atomic mass is 9.92. The summed E-state index contributed by atoms with van der Waals surface area (Å²) < 4.78 is 32.2. The highest BCUT2D eigenvalue weighted by Crippen LogP contribution is 2.23. The third-order valence-corrected chi connectivity index (χ3v) is 5.80. The molecule has 6 nitrogen and oxygen atoms in total. The van der Waals surface area contributed by atoms with Crippen LogP contribution in [-0.4, -0.2) is 20.9 Å². The Hall–Kier alpha value is -2.12. The monoisotopic (exact) mass is 362 g/mol. The zero-order valence-electron chi connectivity index (χ0n) is 14.0. The van der Waals surface area contributed by atoms with Gasteiger partial charge < -0.3 is 9.73 Å². The number of fused-ring (bicyclic) bond motifs is 1. The van der Waals surface area contributed by atoms with Crippen molar-refractivity contribution in [2.24, 2.45) is 0 Å². The Kier molecular flexibility index (Phi) is 5.55. The molecule has 0 saturated carbocycles. The molecule has 0 unspecified atom stereocenters. The number of hydrogen-bond donors (Lipinski definition) is 2. The number of rotatable bonds is 7. The molecule has 0 radical (unpaired) electrons. The molecule has 1 amide bonds. The van der Waals surface area contributed by atoms with E-state index in [1.54, 1.807) is 24.5 Å². The minimum Gasteiger partial charge on any atom is -0.472 e. The number of aryl methyl sites for hydroxylation is 2. The van der Waals surface area contributed by atoms with Gasteiger partial charge in [-0.1, -0.05) is 6.07 Å². The van der Waals surface area contributed by atoms with Crippen LogP contribution in [0.3, 0.4) is 0 Å². The van der Waals surface area contributed by atoms with Crippen molar-refractivity contribution in [2.45, 2.75) is 43.5 Å². The van der Waals surface area contributed by atoms with Gasteiger partial charge in [-0.2, -0.15) is 0 Å². The van der Waals surface area contributed by atoms with Gasteiger partial charge in [-0.05, 0) is 55.0 Å². The molecule has 0 atom stereocenters. The lowest BCUT2D eigenvalue weighted by Crippen LogP contribution is -2.30. The second-order valence-electron chi connectivity index (χ2n) is 6.19. The third-order valence-electron chi connectivity index (χ3n) is 4.34. The van der Waals surface area contributed by atoms with Crippen molar-refractivity contribution >= 4 is 15.9 Å². The SMILES string of the molecule is O=C(CCNS(=O)(=O)c1ccc2c(c1)CCCC2)NCc1ccoc1. The van der Waals surface area contributed by atoms with Crippen LogP contribution in [0.2, 0.25) is 0 Å². The molecule has 2 N–H and O–H groups in total. The Morgan fingerprint density at radius 2 is 1.92 bits per heavy atom. The number of amides is 1. The van der Waals surface area contributed by atoms with Crippen LogP contribution in [0.25, 0.3) is 0 Å². The molecule has 3 rings (SSSR count). The van der Waals surface area contributed by atoms with E-state index in [4.69, 9.17) is 4.42 Å². The third kappa shape index (κ3) is 4.70. The van der Waals surface area contributed by atoms with Gasteiger partial charge in [-0.3, -0.25) is 4.79 Å². The molecule has 1 aliphatic rings. The molecule has 1 aromatic heterocycles. The number of nitrogens with one attached hydrogen (secondary N) is 2. The molecule has 0 fully saturated rings. The van der Waals surface area contributed by atoms with E-state index in [1.165, 1.54) is 11.8 Å². The fourth-order valence-electron chi connectivity index (χ4n) is 2.94. The summed E-state index contributed by atoms with van der Waals surface area (Å²) in [7, 11) is -3.59. The van der Waals surface area contributed by atoms with Crippen molar-refractivity contribution in [2.75, 3.05) is 6.54 Å². The lowest BCUT2D eigenvalue weighted by Gasteiger charge is -2.16. The highest BCUT2D eigenvalue weighted by molar-refractivity contribution is 7.89. The average molecular weight is 362 g/mol. The van der Waals surface area contributed by atoms with Gasteiger partial charge in [0, 0.05) is 25.1 Å². The fourth-order valence-corrected chi connectivity index (χ4v) is 4.02. The van der Waals surface area contributed by atoms with Crippen molar-refractivity contribution in [3.63, 3.8) is 0 Å². The van der Waals surface area contributed by atoms with Gasteiger partial charge in [-0.25, -0.2) is 13.1 Å². The first-order valence-electron chi connectivity index (χ1n) is 8.44. The van der Waals surface area contributed by atoms with Crippen molar-refractivity contribution in [3.8, 4) is 0 Å². The molecule has 0 spiro atoms. The summed E-state index contributed by atoms with van der Waals surface area (Å²) in [4.78, 5) is 12.0. The number of furan rings is 1. The van der Waals surface area contributed by atoms with Crippen LogP contribution >= 0.6 is 0 Å². The highest BCUT2D eigenvalue weighted by atomic mass is 32.2. The van der Waals surface area contributed by atoms with Gasteiger partial charge in [0.1, 0.15) is 0 Å². The summed E-state index contributed by atoms with van der Waals surface area (Å²) in [5.41, 5.74) is 3.22. The second-order valence-corrected chi connectivity index (χ2v) is 7.96. The van der Waals surface area contributed by atoms with E-state index in [1.807, 2.05) is 6.07 Å². The van der Waals surface area contributed by atoms with E-state index in [-0.39, 0.29) is 23.8 Å². The Morgan fingerprint density at radius 3 is 2.68 bits per heavy atom. The number of carbonyl (C=O) groups is 1. The van der Waals surface area contributed by atoms with Gasteiger partial charge in [0.2, 0.25) is 15.9 Å². The number of benzene rings is 1. The average Bonchev–Trinajstić information content (AvgIpc) is 3.13. The molecule has 2 aromatic rings. The first kappa shape index (κ1) is 17.7. The summed E-state index contributed by atoms with van der Waals surface area (Å²) in [6.45, 7) is 0.434. The van der Waals surface area contributed by atoms with Gasteiger partial charge >= 0.3 is 0 Å². The summed E-state index contributed by atoms with van der Waals surface area (Å²) in [5, 5.41) is 2.72. The van der Waals surface area contributed by atoms with Crippen LogP contribution in [0.4, 0.5) is 0 Å². The van der Waals surface area contributed by atoms with Crippen LogP contribution in [0.5, 0.6) is 0 Å². The van der Waals surface area contributed by atoms with E-state index < -0.39 is 10.0 Å². The van der Waals surface area contributed by atoms with E-state index in [2.05, 4.69) is 10.0 Å². The Labute approximate surface area is 147 Å². The molecule has 25 heavy (non-hydrogen) atoms. The topological polar surface area (TPSA) is 88.4 Å². The predicted octanol–water partition coefficient (Wildman–Crippen LogP) is 2.14. The van der Waals surface area contributed by atoms with Crippen LogP contribution < -0.4 is 10.0 Å². The van der Waals surface area contributed by atoms with E-state index in [0.717, 1.165) is 36.8 Å². The van der Waals surface area contributed by atoms with Crippen molar-refractivity contribution < 1.29 is 17.6 Å². The van der Waals surface area contributed by atoms with E-state index in [0.29, 0.717) is 6.54 Å². The molecule has 1 aromatic carbocycles. The summed E-state index contributed by atoms with van der Waals surface area (Å²) >= 11 is 0. The Bertz CT molecular complexity index is 829. The van der Waals surface area contributed by atoms with Gasteiger partial charge in [0.25, 0.3) is 0 Å². The maximum absolute atomic E-state index is 12.4. The van der Waals surface area contributed by atoms with Crippen LogP contribution in [0.1, 0.15) is 36.0 Å². The molecule has 7 heteroatoms. The number of hydrogen-bond acceptors (Lipinski definition) is 4. The molecule has 1 aliphatic carbocycles. The molecule has 1 heterocycles. The smallest absolute Gasteiger partial charge is 0.240 e. The quantitative estimate of drug-likeness (QED) is 0.790. The number of carbonyl (C=O) groups excluding carboxylic acids is 1. The van der Waals surface area contributed by atoms with Gasteiger partial charge in [0.05, 0.1) is 17.4 Å². The zero-order valence-corrected chi connectivity index (χ0v) is 14.8. The lowest BCUT2D eigenvalue weighted by molar-refractivity contribution is -0.121. The summed E-state index contributed by atoms with van der Waals surface area (Å²) in [5.74, 6) is -0.214. The fraction of sp³-hybridized carbons (Fsp3) is 0.389. The zero-order chi connectivity index (χ0) is 17.7. The van der Waals surface area contributed by atoms with E-state index >= 15 is 0 Å². The second kappa shape index (κ2) is 7.84. The minimum atomic E-state index is -3.59. The summed E-state index contributed by atoms with van der Waals surface area (Å²) in [6.07, 6.45) is 7.37. The van der Waals surface area contributed by atoms with Crippen molar-refractivity contribution in [1.82, 2.24) is 10.0 Å². The van der Waals surface area contributed by atoms with Gasteiger partial charge in [0.15, 0.2) is 0 Å². The summed E-state index contributed by atoms with van der Waals surface area (Å²) in [6, 6.07) is 7.07.